The first-order chi connectivity index (χ1) is 12.4. The number of benzene rings is 1. The first-order valence-corrected chi connectivity index (χ1v) is 9.00. The highest BCUT2D eigenvalue weighted by molar-refractivity contribution is 5.91. The van der Waals surface area contributed by atoms with Gasteiger partial charge in [-0.05, 0) is 62.1 Å². The molecule has 0 radical (unpaired) electrons. The summed E-state index contributed by atoms with van der Waals surface area (Å²) in [6.45, 7) is -0.192. The number of nitrogens with zero attached hydrogens (tertiary/aromatic N) is 2. The van der Waals surface area contributed by atoms with Gasteiger partial charge >= 0.3 is 6.18 Å². The number of rotatable bonds is 3. The molecule has 0 atom stereocenters. The minimum absolute atomic E-state index is 0.192. The Morgan fingerprint density at radius 1 is 1.08 bits per heavy atom. The van der Waals surface area contributed by atoms with E-state index in [1.165, 1.54) is 10.2 Å². The second kappa shape index (κ2) is 6.45. The van der Waals surface area contributed by atoms with Crippen molar-refractivity contribution in [1.29, 1.82) is 0 Å². The second-order valence-corrected chi connectivity index (χ2v) is 6.98. The van der Waals surface area contributed by atoms with Gasteiger partial charge in [-0.15, -0.1) is 0 Å². The summed E-state index contributed by atoms with van der Waals surface area (Å²) in [4.78, 5) is 12.5. The summed E-state index contributed by atoms with van der Waals surface area (Å²) in [6.07, 6.45) is 0.952. The Bertz CT molecular complexity index is 854. The van der Waals surface area contributed by atoms with Crippen LogP contribution in [0.2, 0.25) is 0 Å². The molecular weight excluding hydrogens is 343 g/mol. The molecule has 138 valence electrons. The van der Waals surface area contributed by atoms with Gasteiger partial charge < -0.3 is 5.32 Å². The van der Waals surface area contributed by atoms with Gasteiger partial charge in [-0.25, -0.2) is 0 Å². The summed E-state index contributed by atoms with van der Waals surface area (Å²) in [6, 6.07) is 5.80. The number of hydrogen-bond acceptors (Lipinski definition) is 2. The fourth-order valence-electron chi connectivity index (χ4n) is 4.09. The van der Waals surface area contributed by atoms with Crippen LogP contribution in [0, 0.1) is 0 Å². The standard InChI is InChI=1S/C19H20F3N3O/c20-19(21,22)18-14-7-1-2-10-16(14)25(24-18)11-17(26)23-15-9-4-6-12-5-3-8-13(12)15/h4,6,9H,1-3,5,7-8,10-11H2,(H,23,26). The minimum Gasteiger partial charge on any atom is -0.324 e. The van der Waals surface area contributed by atoms with E-state index in [-0.39, 0.29) is 18.0 Å². The summed E-state index contributed by atoms with van der Waals surface area (Å²) in [5, 5.41) is 6.61. The van der Waals surface area contributed by atoms with Crippen LogP contribution in [0.4, 0.5) is 18.9 Å². The zero-order valence-corrected chi connectivity index (χ0v) is 14.3. The molecule has 4 rings (SSSR count). The van der Waals surface area contributed by atoms with E-state index in [0.717, 1.165) is 43.4 Å². The molecule has 0 saturated heterocycles. The highest BCUT2D eigenvalue weighted by Gasteiger charge is 2.39. The van der Waals surface area contributed by atoms with Crippen molar-refractivity contribution in [3.05, 3.63) is 46.3 Å². The number of carbonyl (C=O) groups is 1. The molecule has 2 aromatic rings. The molecule has 0 unspecified atom stereocenters. The first-order valence-electron chi connectivity index (χ1n) is 9.00. The highest BCUT2D eigenvalue weighted by Crippen LogP contribution is 2.36. The van der Waals surface area contributed by atoms with Crippen LogP contribution in [-0.2, 0) is 43.2 Å². The molecule has 0 bridgehead atoms. The van der Waals surface area contributed by atoms with E-state index in [2.05, 4.69) is 16.5 Å². The van der Waals surface area contributed by atoms with E-state index in [0.29, 0.717) is 18.5 Å². The van der Waals surface area contributed by atoms with Crippen LogP contribution in [0.15, 0.2) is 18.2 Å². The average molecular weight is 363 g/mol. The lowest BCUT2D eigenvalue weighted by molar-refractivity contribution is -0.142. The molecule has 1 aromatic heterocycles. The van der Waals surface area contributed by atoms with E-state index in [1.807, 2.05) is 12.1 Å². The van der Waals surface area contributed by atoms with Gasteiger partial charge in [-0.3, -0.25) is 9.48 Å². The molecule has 2 aliphatic carbocycles. The van der Waals surface area contributed by atoms with E-state index >= 15 is 0 Å². The fourth-order valence-corrected chi connectivity index (χ4v) is 4.09. The van der Waals surface area contributed by atoms with E-state index < -0.39 is 11.9 Å². The van der Waals surface area contributed by atoms with Gasteiger partial charge in [0.25, 0.3) is 0 Å². The van der Waals surface area contributed by atoms with Crippen molar-refractivity contribution in [2.75, 3.05) is 5.32 Å². The maximum Gasteiger partial charge on any atom is 0.435 e. The molecule has 7 heteroatoms. The molecule has 2 aliphatic rings. The number of amides is 1. The number of carbonyl (C=O) groups excluding carboxylic acids is 1. The van der Waals surface area contributed by atoms with Crippen molar-refractivity contribution in [3.8, 4) is 0 Å². The van der Waals surface area contributed by atoms with Gasteiger partial charge in [0.2, 0.25) is 5.91 Å². The SMILES string of the molecule is O=C(Cn1nc(C(F)(F)F)c2c1CCCC2)Nc1cccc2c1CCC2. The van der Waals surface area contributed by atoms with Crippen LogP contribution in [0.3, 0.4) is 0 Å². The molecule has 1 heterocycles. The topological polar surface area (TPSA) is 46.9 Å². The molecule has 0 spiro atoms. The van der Waals surface area contributed by atoms with E-state index in [1.54, 1.807) is 0 Å². The first kappa shape index (κ1) is 17.1. The molecule has 4 nitrogen and oxygen atoms in total. The average Bonchev–Trinajstić information content (AvgIpc) is 3.20. The smallest absolute Gasteiger partial charge is 0.324 e. The lowest BCUT2D eigenvalue weighted by Crippen LogP contribution is -2.22. The Morgan fingerprint density at radius 3 is 2.65 bits per heavy atom. The van der Waals surface area contributed by atoms with Crippen LogP contribution in [0.1, 0.15) is 47.3 Å². The molecule has 0 fully saturated rings. The van der Waals surface area contributed by atoms with Crippen molar-refractivity contribution >= 4 is 11.6 Å². The largest absolute Gasteiger partial charge is 0.435 e. The van der Waals surface area contributed by atoms with Gasteiger partial charge in [0.15, 0.2) is 5.69 Å². The molecule has 0 aliphatic heterocycles. The second-order valence-electron chi connectivity index (χ2n) is 6.98. The number of nitrogens with one attached hydrogen (secondary N) is 1. The zero-order valence-electron chi connectivity index (χ0n) is 14.3. The molecular formula is C19H20F3N3O. The summed E-state index contributed by atoms with van der Waals surface area (Å²) in [5.74, 6) is -0.338. The number of aryl methyl sites for hydroxylation is 1. The van der Waals surface area contributed by atoms with E-state index in [9.17, 15) is 18.0 Å². The van der Waals surface area contributed by atoms with Crippen molar-refractivity contribution in [1.82, 2.24) is 9.78 Å². The lowest BCUT2D eigenvalue weighted by atomic mass is 9.95. The number of aromatic nitrogens is 2. The van der Waals surface area contributed by atoms with Crippen molar-refractivity contribution in [2.45, 2.75) is 57.7 Å². The van der Waals surface area contributed by atoms with Crippen LogP contribution in [-0.4, -0.2) is 15.7 Å². The van der Waals surface area contributed by atoms with Crippen LogP contribution < -0.4 is 5.32 Å². The Kier molecular flexibility index (Phi) is 4.25. The normalized spacial score (nSPS) is 16.3. The lowest BCUT2D eigenvalue weighted by Gasteiger charge is -2.15. The minimum atomic E-state index is -4.48. The van der Waals surface area contributed by atoms with Crippen LogP contribution >= 0.6 is 0 Å². The molecule has 0 saturated carbocycles. The maximum absolute atomic E-state index is 13.2. The van der Waals surface area contributed by atoms with Gasteiger partial charge in [0, 0.05) is 16.9 Å². The summed E-state index contributed by atoms with van der Waals surface area (Å²) >= 11 is 0. The van der Waals surface area contributed by atoms with Crippen molar-refractivity contribution < 1.29 is 18.0 Å². The number of fused-ring (bicyclic) bond motifs is 2. The van der Waals surface area contributed by atoms with E-state index in [4.69, 9.17) is 0 Å². The van der Waals surface area contributed by atoms with Gasteiger partial charge in [0.1, 0.15) is 6.54 Å². The Hall–Kier alpha value is -2.31. The van der Waals surface area contributed by atoms with Gasteiger partial charge in [-0.2, -0.15) is 18.3 Å². The Morgan fingerprint density at radius 2 is 1.85 bits per heavy atom. The van der Waals surface area contributed by atoms with Gasteiger partial charge in [-0.1, -0.05) is 12.1 Å². The Labute approximate surface area is 149 Å². The number of hydrogen-bond donors (Lipinski definition) is 1. The van der Waals surface area contributed by atoms with Crippen LogP contribution in [0.5, 0.6) is 0 Å². The van der Waals surface area contributed by atoms with Gasteiger partial charge in [0.05, 0.1) is 0 Å². The van der Waals surface area contributed by atoms with Crippen molar-refractivity contribution in [3.63, 3.8) is 0 Å². The molecule has 1 amide bonds. The number of halogens is 3. The summed E-state index contributed by atoms with van der Waals surface area (Å²) < 4.78 is 41.0. The third-order valence-corrected chi connectivity index (χ3v) is 5.24. The van der Waals surface area contributed by atoms with Crippen LogP contribution in [0.25, 0.3) is 0 Å². The molecule has 26 heavy (non-hydrogen) atoms. The monoisotopic (exact) mass is 363 g/mol. The van der Waals surface area contributed by atoms with Crippen molar-refractivity contribution in [2.24, 2.45) is 0 Å². The quantitative estimate of drug-likeness (QED) is 0.899. The maximum atomic E-state index is 13.2. The number of alkyl halides is 3. The third kappa shape index (κ3) is 3.10. The third-order valence-electron chi connectivity index (χ3n) is 5.24. The Balaban J connectivity index is 1.57. The summed E-state index contributed by atoms with van der Waals surface area (Å²) in [7, 11) is 0. The highest BCUT2D eigenvalue weighted by atomic mass is 19.4. The zero-order chi connectivity index (χ0) is 18.3. The molecule has 1 aromatic carbocycles. The number of anilines is 1. The molecule has 1 N–H and O–H groups in total. The predicted molar refractivity (Wildman–Crippen MR) is 91.0 cm³/mol. The summed E-state index contributed by atoms with van der Waals surface area (Å²) in [5.41, 5.74) is 3.12. The fraction of sp³-hybridized carbons (Fsp3) is 0.474. The predicted octanol–water partition coefficient (Wildman–Crippen LogP) is 3.91.